The number of rotatable bonds is 2. The lowest BCUT2D eigenvalue weighted by molar-refractivity contribution is 0.0588. The molecule has 7 heteroatoms. The van der Waals surface area contributed by atoms with Gasteiger partial charge in [0, 0.05) is 7.05 Å². The van der Waals surface area contributed by atoms with Gasteiger partial charge < -0.3 is 4.74 Å². The molecular weight excluding hydrogens is 306 g/mol. The molecule has 1 amide bonds. The molecule has 0 saturated heterocycles. The van der Waals surface area contributed by atoms with E-state index in [-0.39, 0.29) is 0 Å². The number of anilines is 1. The van der Waals surface area contributed by atoms with Gasteiger partial charge in [0.1, 0.15) is 11.9 Å². The maximum absolute atomic E-state index is 12.3. The maximum Gasteiger partial charge on any atom is 0.415 e. The third kappa shape index (κ3) is 3.05. The topological polar surface area (TPSA) is 73.1 Å². The van der Waals surface area contributed by atoms with Gasteiger partial charge in [-0.05, 0) is 32.9 Å². The summed E-state index contributed by atoms with van der Waals surface area (Å²) < 4.78 is 7.11. The van der Waals surface area contributed by atoms with Gasteiger partial charge in [-0.3, -0.25) is 4.90 Å². The molecule has 0 radical (unpaired) electrons. The molecule has 0 spiro atoms. The number of carbonyl (C=O) groups is 1. The Bertz CT molecular complexity index is 868. The number of para-hydroxylation sites is 1. The highest BCUT2D eigenvalue weighted by atomic mass is 16.6. The predicted molar refractivity (Wildman–Crippen MR) is 91.3 cm³/mol. The molecule has 0 aliphatic heterocycles. The molecule has 0 atom stereocenters. The van der Waals surface area contributed by atoms with E-state index in [4.69, 9.17) is 4.74 Å². The van der Waals surface area contributed by atoms with Crippen LogP contribution in [-0.2, 0) is 4.74 Å². The van der Waals surface area contributed by atoms with E-state index in [2.05, 4.69) is 15.1 Å². The number of ether oxygens (including phenoxy) is 1. The van der Waals surface area contributed by atoms with Crippen LogP contribution in [0.3, 0.4) is 0 Å². The van der Waals surface area contributed by atoms with E-state index in [1.807, 2.05) is 51.1 Å². The second kappa shape index (κ2) is 5.92. The van der Waals surface area contributed by atoms with Crippen molar-refractivity contribution >= 4 is 22.9 Å². The smallest absolute Gasteiger partial charge is 0.415 e. The molecule has 1 aromatic carbocycles. The fourth-order valence-electron chi connectivity index (χ4n) is 2.27. The van der Waals surface area contributed by atoms with Crippen molar-refractivity contribution < 1.29 is 9.53 Å². The number of amides is 1. The van der Waals surface area contributed by atoms with Crippen LogP contribution in [0.2, 0.25) is 0 Å². The Morgan fingerprint density at radius 2 is 1.88 bits per heavy atom. The fourth-order valence-corrected chi connectivity index (χ4v) is 2.27. The summed E-state index contributed by atoms with van der Waals surface area (Å²) in [5.41, 5.74) is 0.935. The van der Waals surface area contributed by atoms with Gasteiger partial charge >= 0.3 is 6.09 Å². The van der Waals surface area contributed by atoms with Gasteiger partial charge in [-0.2, -0.15) is 5.10 Å². The number of hydrogen-bond donors (Lipinski definition) is 0. The largest absolute Gasteiger partial charge is 0.443 e. The fraction of sp³-hybridized carbons (Fsp3) is 0.294. The van der Waals surface area contributed by atoms with Crippen LogP contribution in [-0.4, -0.2) is 38.5 Å². The Balaban J connectivity index is 2.02. The summed E-state index contributed by atoms with van der Waals surface area (Å²) in [5.74, 6) is 0.455. The molecule has 0 unspecified atom stereocenters. The SMILES string of the molecule is CN(C(=O)OC(C)(C)C)c1ncnc2c1cnn2-c1ccccc1. The minimum atomic E-state index is -0.578. The lowest BCUT2D eigenvalue weighted by atomic mass is 10.2. The highest BCUT2D eigenvalue weighted by Crippen LogP contribution is 2.25. The maximum atomic E-state index is 12.3. The Labute approximate surface area is 139 Å². The minimum Gasteiger partial charge on any atom is -0.443 e. The first-order valence-corrected chi connectivity index (χ1v) is 7.58. The molecule has 0 fully saturated rings. The molecule has 0 aliphatic carbocycles. The van der Waals surface area contributed by atoms with E-state index >= 15 is 0 Å². The second-order valence-electron chi connectivity index (χ2n) is 6.37. The molecular formula is C17H19N5O2. The average molecular weight is 325 g/mol. The van der Waals surface area contributed by atoms with Crippen molar-refractivity contribution in [2.24, 2.45) is 0 Å². The third-order valence-corrected chi connectivity index (χ3v) is 3.33. The zero-order chi connectivity index (χ0) is 17.3. The zero-order valence-corrected chi connectivity index (χ0v) is 14.1. The van der Waals surface area contributed by atoms with Gasteiger partial charge in [-0.25, -0.2) is 19.4 Å². The number of hydrogen-bond acceptors (Lipinski definition) is 5. The molecule has 2 aromatic heterocycles. The first-order chi connectivity index (χ1) is 11.4. The molecule has 7 nitrogen and oxygen atoms in total. The molecule has 124 valence electrons. The van der Waals surface area contributed by atoms with Gasteiger partial charge in [0.25, 0.3) is 0 Å². The van der Waals surface area contributed by atoms with Crippen LogP contribution in [0.25, 0.3) is 16.7 Å². The summed E-state index contributed by atoms with van der Waals surface area (Å²) in [6.07, 6.45) is 2.59. The van der Waals surface area contributed by atoms with Gasteiger partial charge in [-0.1, -0.05) is 18.2 Å². The standard InChI is InChI=1S/C17H19N5O2/c1-17(2,3)24-16(23)21(4)14-13-10-20-22(15(13)19-11-18-14)12-8-6-5-7-9-12/h5-11H,1-4H3. The highest BCUT2D eigenvalue weighted by Gasteiger charge is 2.23. The van der Waals surface area contributed by atoms with Crippen molar-refractivity contribution in [2.45, 2.75) is 26.4 Å². The summed E-state index contributed by atoms with van der Waals surface area (Å²) in [6, 6.07) is 9.67. The Kier molecular flexibility index (Phi) is 3.92. The van der Waals surface area contributed by atoms with E-state index in [0.29, 0.717) is 16.9 Å². The van der Waals surface area contributed by atoms with Gasteiger partial charge in [0.05, 0.1) is 17.3 Å². The lowest BCUT2D eigenvalue weighted by Gasteiger charge is -2.24. The number of nitrogens with zero attached hydrogens (tertiary/aromatic N) is 5. The first-order valence-electron chi connectivity index (χ1n) is 7.58. The Hall–Kier alpha value is -2.96. The van der Waals surface area contributed by atoms with Crippen LogP contribution in [0.4, 0.5) is 10.6 Å². The van der Waals surface area contributed by atoms with E-state index in [9.17, 15) is 4.79 Å². The second-order valence-corrected chi connectivity index (χ2v) is 6.37. The zero-order valence-electron chi connectivity index (χ0n) is 14.1. The minimum absolute atomic E-state index is 0.455. The molecule has 0 saturated carbocycles. The lowest BCUT2D eigenvalue weighted by Crippen LogP contribution is -2.34. The van der Waals surface area contributed by atoms with E-state index < -0.39 is 11.7 Å². The summed E-state index contributed by atoms with van der Waals surface area (Å²) in [5, 5.41) is 5.05. The molecule has 24 heavy (non-hydrogen) atoms. The van der Waals surface area contributed by atoms with Gasteiger partial charge in [0.15, 0.2) is 11.5 Å². The quantitative estimate of drug-likeness (QED) is 0.723. The van der Waals surface area contributed by atoms with Crippen LogP contribution >= 0.6 is 0 Å². The van der Waals surface area contributed by atoms with Crippen molar-refractivity contribution in [3.8, 4) is 5.69 Å². The van der Waals surface area contributed by atoms with Crippen LogP contribution in [0, 0.1) is 0 Å². The van der Waals surface area contributed by atoms with Crippen LogP contribution in [0.1, 0.15) is 20.8 Å². The van der Waals surface area contributed by atoms with Crippen molar-refractivity contribution in [3.63, 3.8) is 0 Å². The normalized spacial score (nSPS) is 11.5. The van der Waals surface area contributed by atoms with Crippen molar-refractivity contribution in [1.82, 2.24) is 19.7 Å². The monoisotopic (exact) mass is 325 g/mol. The van der Waals surface area contributed by atoms with Crippen molar-refractivity contribution in [1.29, 1.82) is 0 Å². The van der Waals surface area contributed by atoms with Crippen LogP contribution < -0.4 is 4.90 Å². The van der Waals surface area contributed by atoms with Crippen molar-refractivity contribution in [3.05, 3.63) is 42.9 Å². The number of benzene rings is 1. The molecule has 0 aliphatic rings. The average Bonchev–Trinajstić information content (AvgIpc) is 2.97. The highest BCUT2D eigenvalue weighted by molar-refractivity contribution is 5.97. The predicted octanol–water partition coefficient (Wildman–Crippen LogP) is 3.19. The van der Waals surface area contributed by atoms with E-state index in [0.717, 1.165) is 5.69 Å². The van der Waals surface area contributed by atoms with E-state index in [1.165, 1.54) is 11.2 Å². The number of aromatic nitrogens is 4. The van der Waals surface area contributed by atoms with Gasteiger partial charge in [0.2, 0.25) is 0 Å². The summed E-state index contributed by atoms with van der Waals surface area (Å²) in [6.45, 7) is 5.46. The van der Waals surface area contributed by atoms with Crippen LogP contribution in [0.5, 0.6) is 0 Å². The number of fused-ring (bicyclic) bond motifs is 1. The molecule has 0 N–H and O–H groups in total. The number of carbonyl (C=O) groups excluding carboxylic acids is 1. The summed E-state index contributed by atoms with van der Waals surface area (Å²) in [7, 11) is 1.62. The molecule has 3 aromatic rings. The summed E-state index contributed by atoms with van der Waals surface area (Å²) >= 11 is 0. The third-order valence-electron chi connectivity index (χ3n) is 3.33. The van der Waals surface area contributed by atoms with Gasteiger partial charge in [-0.15, -0.1) is 0 Å². The van der Waals surface area contributed by atoms with Crippen LogP contribution in [0.15, 0.2) is 42.9 Å². The molecule has 2 heterocycles. The van der Waals surface area contributed by atoms with Crippen molar-refractivity contribution in [2.75, 3.05) is 11.9 Å². The Morgan fingerprint density at radius 3 is 2.54 bits per heavy atom. The Morgan fingerprint density at radius 1 is 1.17 bits per heavy atom. The first kappa shape index (κ1) is 15.9. The molecule has 3 rings (SSSR count). The van der Waals surface area contributed by atoms with E-state index in [1.54, 1.807) is 17.9 Å². The molecule has 0 bridgehead atoms. The summed E-state index contributed by atoms with van der Waals surface area (Å²) in [4.78, 5) is 22.2.